The molecule has 1 heterocycles. The molecule has 1 aliphatic carbocycles. The van der Waals surface area contributed by atoms with Crippen LogP contribution in [0, 0.1) is 0 Å². The lowest BCUT2D eigenvalue weighted by Gasteiger charge is -2.15. The van der Waals surface area contributed by atoms with Gasteiger partial charge in [0.1, 0.15) is 11.6 Å². The summed E-state index contributed by atoms with van der Waals surface area (Å²) in [6.45, 7) is 6.54. The van der Waals surface area contributed by atoms with Crippen LogP contribution in [-0.2, 0) is 6.42 Å². The third-order valence-electron chi connectivity index (χ3n) is 4.12. The molecule has 1 aliphatic rings. The van der Waals surface area contributed by atoms with E-state index >= 15 is 0 Å². The molecule has 2 N–H and O–H groups in total. The molecule has 1 aromatic heterocycles. The highest BCUT2D eigenvalue weighted by atomic mass is 15.2. The third kappa shape index (κ3) is 2.55. The average molecular weight is 249 g/mol. The summed E-state index contributed by atoms with van der Waals surface area (Å²) in [7, 11) is 0. The van der Waals surface area contributed by atoms with Crippen LogP contribution < -0.4 is 5.73 Å². The van der Waals surface area contributed by atoms with Crippen LogP contribution in [0.1, 0.15) is 82.8 Å². The van der Waals surface area contributed by atoms with E-state index in [0.29, 0.717) is 12.0 Å². The molecular weight excluding hydrogens is 222 g/mol. The number of rotatable bonds is 3. The maximum Gasteiger partial charge on any atom is 0.127 e. The monoisotopic (exact) mass is 249 g/mol. The number of aromatic nitrogens is 2. The fraction of sp³-hybridized carbons (Fsp3) is 0.800. The van der Waals surface area contributed by atoms with Crippen molar-refractivity contribution in [3.05, 3.63) is 11.5 Å². The maximum absolute atomic E-state index is 6.36. The number of anilines is 1. The van der Waals surface area contributed by atoms with Crippen LogP contribution in [0.15, 0.2) is 0 Å². The van der Waals surface area contributed by atoms with E-state index in [4.69, 9.17) is 10.7 Å². The lowest BCUT2D eigenvalue weighted by molar-refractivity contribution is 0.575. The molecule has 18 heavy (non-hydrogen) atoms. The Bertz CT molecular complexity index is 385. The summed E-state index contributed by atoms with van der Waals surface area (Å²) in [6.07, 6.45) is 8.92. The molecule has 0 saturated heterocycles. The number of nitrogen functional groups attached to an aromatic ring is 1. The van der Waals surface area contributed by atoms with E-state index in [0.717, 1.165) is 18.1 Å². The molecule has 1 saturated carbocycles. The first kappa shape index (κ1) is 13.4. The minimum atomic E-state index is 0.409. The quantitative estimate of drug-likeness (QED) is 0.821. The van der Waals surface area contributed by atoms with E-state index in [9.17, 15) is 0 Å². The van der Waals surface area contributed by atoms with Crippen LogP contribution in [0.25, 0.3) is 0 Å². The van der Waals surface area contributed by atoms with Crippen molar-refractivity contribution in [2.45, 2.75) is 77.7 Å². The molecule has 0 atom stereocenters. The van der Waals surface area contributed by atoms with Gasteiger partial charge in [-0.15, -0.1) is 0 Å². The first-order valence-electron chi connectivity index (χ1n) is 7.51. The predicted octanol–water partition coefficient (Wildman–Crippen LogP) is 4.05. The molecule has 0 spiro atoms. The van der Waals surface area contributed by atoms with Gasteiger partial charge in [-0.2, -0.15) is 0 Å². The highest BCUT2D eigenvalue weighted by molar-refractivity contribution is 5.41. The number of nitrogens with zero attached hydrogens (tertiary/aromatic N) is 2. The lowest BCUT2D eigenvalue weighted by atomic mass is 9.96. The van der Waals surface area contributed by atoms with Crippen LogP contribution in [0.2, 0.25) is 0 Å². The van der Waals surface area contributed by atoms with Crippen LogP contribution in [0.5, 0.6) is 0 Å². The highest BCUT2D eigenvalue weighted by Gasteiger charge is 2.23. The molecule has 0 radical (unpaired) electrons. The predicted molar refractivity (Wildman–Crippen MR) is 76.8 cm³/mol. The van der Waals surface area contributed by atoms with Gasteiger partial charge < -0.3 is 10.3 Å². The summed E-state index contributed by atoms with van der Waals surface area (Å²) in [5.74, 6) is 2.67. The van der Waals surface area contributed by atoms with E-state index in [1.54, 1.807) is 0 Å². The van der Waals surface area contributed by atoms with Crippen molar-refractivity contribution in [3.8, 4) is 0 Å². The second-order valence-electron chi connectivity index (χ2n) is 5.80. The van der Waals surface area contributed by atoms with Crippen LogP contribution in [-0.4, -0.2) is 9.55 Å². The minimum absolute atomic E-state index is 0.409. The van der Waals surface area contributed by atoms with Gasteiger partial charge in [0.05, 0.1) is 5.69 Å². The minimum Gasteiger partial charge on any atom is -0.384 e. The van der Waals surface area contributed by atoms with E-state index in [-0.39, 0.29) is 0 Å². The summed E-state index contributed by atoms with van der Waals surface area (Å²) in [4.78, 5) is 4.85. The molecule has 0 unspecified atom stereocenters. The standard InChI is InChI=1S/C15H27N3/c1-4-13-17-14(15(16)18(13)11(2)3)12-9-7-5-6-8-10-12/h11-12H,4-10,16H2,1-3H3. The number of hydrogen-bond acceptors (Lipinski definition) is 2. The van der Waals surface area contributed by atoms with E-state index < -0.39 is 0 Å². The van der Waals surface area contributed by atoms with E-state index in [1.165, 1.54) is 44.2 Å². The van der Waals surface area contributed by atoms with Gasteiger partial charge in [0.2, 0.25) is 0 Å². The second-order valence-corrected chi connectivity index (χ2v) is 5.80. The summed E-state index contributed by atoms with van der Waals surface area (Å²) in [6, 6.07) is 0.409. The van der Waals surface area contributed by atoms with Crippen LogP contribution in [0.4, 0.5) is 5.82 Å². The first-order valence-corrected chi connectivity index (χ1v) is 7.51. The molecule has 2 rings (SSSR count). The van der Waals surface area contributed by atoms with Gasteiger partial charge in [-0.25, -0.2) is 4.98 Å². The van der Waals surface area contributed by atoms with Gasteiger partial charge in [-0.3, -0.25) is 0 Å². The SMILES string of the molecule is CCc1nc(C2CCCCCC2)c(N)n1C(C)C. The summed E-state index contributed by atoms with van der Waals surface area (Å²) < 4.78 is 2.22. The molecular formula is C15H27N3. The molecule has 102 valence electrons. The summed E-state index contributed by atoms with van der Waals surface area (Å²) >= 11 is 0. The maximum atomic E-state index is 6.36. The molecule has 0 amide bonds. The molecule has 0 aliphatic heterocycles. The highest BCUT2D eigenvalue weighted by Crippen LogP contribution is 2.35. The number of imidazole rings is 1. The Morgan fingerprint density at radius 3 is 2.28 bits per heavy atom. The zero-order valence-corrected chi connectivity index (χ0v) is 12.1. The smallest absolute Gasteiger partial charge is 0.127 e. The van der Waals surface area contributed by atoms with Crippen molar-refractivity contribution in [1.29, 1.82) is 0 Å². The van der Waals surface area contributed by atoms with Gasteiger partial charge in [-0.1, -0.05) is 32.6 Å². The molecule has 1 fully saturated rings. The molecule has 3 nitrogen and oxygen atoms in total. The van der Waals surface area contributed by atoms with Gasteiger partial charge >= 0.3 is 0 Å². The van der Waals surface area contributed by atoms with Crippen molar-refractivity contribution in [2.24, 2.45) is 0 Å². The van der Waals surface area contributed by atoms with Gasteiger partial charge in [-0.05, 0) is 26.7 Å². The van der Waals surface area contributed by atoms with Crippen LogP contribution >= 0.6 is 0 Å². The largest absolute Gasteiger partial charge is 0.384 e. The zero-order chi connectivity index (χ0) is 13.1. The van der Waals surface area contributed by atoms with Crippen LogP contribution in [0.3, 0.4) is 0 Å². The average Bonchev–Trinajstić information content (AvgIpc) is 2.54. The zero-order valence-electron chi connectivity index (χ0n) is 12.1. The van der Waals surface area contributed by atoms with Crippen molar-refractivity contribution in [3.63, 3.8) is 0 Å². The van der Waals surface area contributed by atoms with Crippen molar-refractivity contribution < 1.29 is 0 Å². The van der Waals surface area contributed by atoms with Gasteiger partial charge in [0.25, 0.3) is 0 Å². The number of aryl methyl sites for hydroxylation is 1. The normalized spacial score (nSPS) is 18.2. The summed E-state index contributed by atoms with van der Waals surface area (Å²) in [5.41, 5.74) is 7.55. The van der Waals surface area contributed by atoms with E-state index in [1.807, 2.05) is 0 Å². The Morgan fingerprint density at radius 1 is 1.22 bits per heavy atom. The Kier molecular flexibility index (Phi) is 4.31. The van der Waals surface area contributed by atoms with Gasteiger partial charge in [0.15, 0.2) is 0 Å². The third-order valence-corrected chi connectivity index (χ3v) is 4.12. The number of hydrogen-bond donors (Lipinski definition) is 1. The Morgan fingerprint density at radius 2 is 1.83 bits per heavy atom. The van der Waals surface area contributed by atoms with E-state index in [2.05, 4.69) is 25.3 Å². The molecule has 1 aromatic rings. The first-order chi connectivity index (χ1) is 8.65. The number of nitrogens with two attached hydrogens (primary N) is 1. The second kappa shape index (κ2) is 5.77. The Balaban J connectivity index is 2.32. The van der Waals surface area contributed by atoms with Crippen molar-refractivity contribution in [2.75, 3.05) is 5.73 Å². The summed E-state index contributed by atoms with van der Waals surface area (Å²) in [5, 5.41) is 0. The van der Waals surface area contributed by atoms with Crippen molar-refractivity contribution in [1.82, 2.24) is 9.55 Å². The molecule has 0 bridgehead atoms. The fourth-order valence-electron chi connectivity index (χ4n) is 3.19. The Labute approximate surface area is 111 Å². The van der Waals surface area contributed by atoms with Crippen molar-refractivity contribution >= 4 is 5.82 Å². The van der Waals surface area contributed by atoms with Gasteiger partial charge in [0, 0.05) is 18.4 Å². The molecule has 0 aromatic carbocycles. The Hall–Kier alpha value is -0.990. The fourth-order valence-corrected chi connectivity index (χ4v) is 3.19. The molecule has 3 heteroatoms. The topological polar surface area (TPSA) is 43.8 Å². The lowest BCUT2D eigenvalue weighted by Crippen LogP contribution is -2.10.